The topological polar surface area (TPSA) is 78.6 Å². The van der Waals surface area contributed by atoms with Crippen molar-refractivity contribution in [2.75, 3.05) is 25.9 Å². The molecule has 0 saturated carbocycles. The van der Waals surface area contributed by atoms with E-state index in [1.54, 1.807) is 19.1 Å². The first kappa shape index (κ1) is 20.8. The maximum absolute atomic E-state index is 12.0. The Kier molecular flexibility index (Phi) is 10.3. The standard InChI is InChI=1S/C13H19N3O2.C3H4.C2H6/c1-16-6-4-10(5-7-16)15-13(18)9-2-3-11(14)12(17)8-9;1-3-2;1-2/h2-3,8,10,17H,4-7,14H2,1H3,(H,15,18);1H,2H3;1-2H3. The van der Waals surface area contributed by atoms with Crippen molar-refractivity contribution >= 4 is 11.6 Å². The molecule has 1 aromatic rings. The number of carbonyl (C=O) groups excluding carboxylic acids is 1. The third-order valence-corrected chi connectivity index (χ3v) is 3.35. The number of carbonyl (C=O) groups is 1. The molecular formula is C18H29N3O2. The number of likely N-dealkylation sites (tertiary alicyclic amines) is 1. The van der Waals surface area contributed by atoms with Crippen LogP contribution in [0.15, 0.2) is 18.2 Å². The number of aromatic hydroxyl groups is 1. The van der Waals surface area contributed by atoms with Crippen molar-refractivity contribution in [1.82, 2.24) is 10.2 Å². The number of piperidine rings is 1. The lowest BCUT2D eigenvalue weighted by Gasteiger charge is -2.29. The predicted octanol–water partition coefficient (Wildman–Crippen LogP) is 2.46. The van der Waals surface area contributed by atoms with Crippen LogP contribution >= 0.6 is 0 Å². The van der Waals surface area contributed by atoms with E-state index in [9.17, 15) is 9.90 Å². The van der Waals surface area contributed by atoms with Crippen LogP contribution in [0.5, 0.6) is 5.75 Å². The molecule has 1 fully saturated rings. The number of amides is 1. The van der Waals surface area contributed by atoms with Crippen molar-refractivity contribution in [3.05, 3.63) is 23.8 Å². The molecule has 2 rings (SSSR count). The van der Waals surface area contributed by atoms with Crippen LogP contribution in [0.25, 0.3) is 0 Å². The predicted molar refractivity (Wildman–Crippen MR) is 96.4 cm³/mol. The molecule has 0 aliphatic carbocycles. The molecule has 0 spiro atoms. The van der Waals surface area contributed by atoms with Gasteiger partial charge >= 0.3 is 0 Å². The highest BCUT2D eigenvalue weighted by Gasteiger charge is 2.19. The number of hydrogen-bond donors (Lipinski definition) is 3. The largest absolute Gasteiger partial charge is 0.506 e. The Balaban J connectivity index is 0.000000868. The monoisotopic (exact) mass is 319 g/mol. The summed E-state index contributed by atoms with van der Waals surface area (Å²) in [5.74, 6) is 2.05. The smallest absolute Gasteiger partial charge is 0.251 e. The highest BCUT2D eigenvalue weighted by atomic mass is 16.3. The van der Waals surface area contributed by atoms with Gasteiger partial charge in [0.1, 0.15) is 5.75 Å². The zero-order chi connectivity index (χ0) is 17.8. The van der Waals surface area contributed by atoms with Gasteiger partial charge in [-0.1, -0.05) is 13.8 Å². The number of nitrogens with zero attached hydrogens (tertiary/aromatic N) is 1. The number of nitrogens with one attached hydrogen (secondary N) is 1. The Morgan fingerprint density at radius 3 is 2.39 bits per heavy atom. The molecule has 1 aromatic carbocycles. The summed E-state index contributed by atoms with van der Waals surface area (Å²) in [6.07, 6.45) is 6.52. The van der Waals surface area contributed by atoms with Crippen molar-refractivity contribution in [2.24, 2.45) is 0 Å². The van der Waals surface area contributed by atoms with Gasteiger partial charge < -0.3 is 21.1 Å². The number of anilines is 1. The Bertz CT molecular complexity index is 515. The van der Waals surface area contributed by atoms with Crippen LogP contribution in [0.2, 0.25) is 0 Å². The zero-order valence-electron chi connectivity index (χ0n) is 14.6. The number of benzene rings is 1. The van der Waals surface area contributed by atoms with E-state index in [4.69, 9.17) is 5.73 Å². The third kappa shape index (κ3) is 7.57. The highest BCUT2D eigenvalue weighted by Crippen LogP contribution is 2.20. The molecule has 0 bridgehead atoms. The van der Waals surface area contributed by atoms with Crippen molar-refractivity contribution in [1.29, 1.82) is 0 Å². The normalized spacial score (nSPS) is 14.4. The Morgan fingerprint density at radius 2 is 1.91 bits per heavy atom. The van der Waals surface area contributed by atoms with E-state index in [-0.39, 0.29) is 23.4 Å². The molecule has 128 valence electrons. The van der Waals surface area contributed by atoms with Crippen LogP contribution in [0.1, 0.15) is 44.0 Å². The number of terminal acetylenes is 1. The van der Waals surface area contributed by atoms with Gasteiger partial charge in [0, 0.05) is 11.6 Å². The van der Waals surface area contributed by atoms with Crippen LogP contribution in [0, 0.1) is 12.3 Å². The van der Waals surface area contributed by atoms with Crippen molar-refractivity contribution in [3.63, 3.8) is 0 Å². The quantitative estimate of drug-likeness (QED) is 0.444. The molecule has 0 atom stereocenters. The summed E-state index contributed by atoms with van der Waals surface area (Å²) >= 11 is 0. The van der Waals surface area contributed by atoms with Gasteiger partial charge in [-0.25, -0.2) is 0 Å². The van der Waals surface area contributed by atoms with E-state index in [1.165, 1.54) is 6.07 Å². The number of nitrogen functional groups attached to an aromatic ring is 1. The lowest BCUT2D eigenvalue weighted by molar-refractivity contribution is 0.0916. The summed E-state index contributed by atoms with van der Waals surface area (Å²) < 4.78 is 0. The summed E-state index contributed by atoms with van der Waals surface area (Å²) in [5.41, 5.74) is 6.23. The second-order valence-electron chi connectivity index (χ2n) is 5.11. The Morgan fingerprint density at radius 1 is 1.39 bits per heavy atom. The van der Waals surface area contributed by atoms with E-state index < -0.39 is 0 Å². The third-order valence-electron chi connectivity index (χ3n) is 3.35. The second-order valence-corrected chi connectivity index (χ2v) is 5.11. The van der Waals surface area contributed by atoms with E-state index in [0.29, 0.717) is 5.56 Å². The number of phenols is 1. The van der Waals surface area contributed by atoms with E-state index in [0.717, 1.165) is 25.9 Å². The summed E-state index contributed by atoms with van der Waals surface area (Å²) in [4.78, 5) is 14.2. The fourth-order valence-corrected chi connectivity index (χ4v) is 2.11. The fourth-order valence-electron chi connectivity index (χ4n) is 2.11. The fraction of sp³-hybridized carbons (Fsp3) is 0.500. The number of hydrogen-bond acceptors (Lipinski definition) is 4. The molecule has 0 radical (unpaired) electrons. The van der Waals surface area contributed by atoms with Gasteiger partial charge in [0.25, 0.3) is 5.91 Å². The van der Waals surface area contributed by atoms with Crippen molar-refractivity contribution in [2.45, 2.75) is 39.7 Å². The minimum Gasteiger partial charge on any atom is -0.506 e. The summed E-state index contributed by atoms with van der Waals surface area (Å²) in [6, 6.07) is 4.78. The van der Waals surface area contributed by atoms with Crippen molar-refractivity contribution in [3.8, 4) is 18.1 Å². The van der Waals surface area contributed by atoms with Crippen LogP contribution in [0.4, 0.5) is 5.69 Å². The first-order valence-corrected chi connectivity index (χ1v) is 7.93. The maximum atomic E-state index is 12.0. The molecule has 1 saturated heterocycles. The van der Waals surface area contributed by atoms with Crippen LogP contribution in [-0.2, 0) is 0 Å². The van der Waals surface area contributed by atoms with Gasteiger partial charge in [0.05, 0.1) is 5.69 Å². The molecule has 23 heavy (non-hydrogen) atoms. The van der Waals surface area contributed by atoms with E-state index >= 15 is 0 Å². The van der Waals surface area contributed by atoms with Gasteiger partial charge in [-0.2, -0.15) is 0 Å². The Hall–Kier alpha value is -2.19. The lowest BCUT2D eigenvalue weighted by Crippen LogP contribution is -2.43. The van der Waals surface area contributed by atoms with Crippen molar-refractivity contribution < 1.29 is 9.90 Å². The molecule has 1 aliphatic heterocycles. The summed E-state index contributed by atoms with van der Waals surface area (Å²) in [7, 11) is 2.08. The van der Waals surface area contributed by atoms with Gasteiger partial charge in [0.15, 0.2) is 0 Å². The average Bonchev–Trinajstić information content (AvgIpc) is 2.55. The van der Waals surface area contributed by atoms with Crippen LogP contribution < -0.4 is 11.1 Å². The van der Waals surface area contributed by atoms with Gasteiger partial charge in [-0.3, -0.25) is 4.79 Å². The SMILES string of the molecule is C#CC.CC.CN1CCC(NC(=O)c2ccc(N)c(O)c2)CC1. The number of rotatable bonds is 2. The molecule has 1 amide bonds. The molecule has 0 unspecified atom stereocenters. The second kappa shape index (κ2) is 11.4. The molecule has 0 aromatic heterocycles. The maximum Gasteiger partial charge on any atom is 0.251 e. The molecule has 1 heterocycles. The van der Waals surface area contributed by atoms with Crippen LogP contribution in [0.3, 0.4) is 0 Å². The summed E-state index contributed by atoms with van der Waals surface area (Å²) in [5, 5.41) is 12.5. The van der Waals surface area contributed by atoms with Crippen LogP contribution in [-0.4, -0.2) is 42.1 Å². The molecule has 1 aliphatic rings. The highest BCUT2D eigenvalue weighted by molar-refractivity contribution is 5.95. The number of nitrogens with two attached hydrogens (primary N) is 1. The average molecular weight is 319 g/mol. The van der Waals surface area contributed by atoms with Gasteiger partial charge in [0.2, 0.25) is 0 Å². The first-order valence-electron chi connectivity index (χ1n) is 7.93. The molecular weight excluding hydrogens is 290 g/mol. The zero-order valence-corrected chi connectivity index (χ0v) is 14.6. The summed E-state index contributed by atoms with van der Waals surface area (Å²) in [6.45, 7) is 7.65. The van der Waals surface area contributed by atoms with Gasteiger partial charge in [-0.05, 0) is 58.1 Å². The molecule has 4 N–H and O–H groups in total. The Labute approximate surface area is 139 Å². The van der Waals surface area contributed by atoms with E-state index in [1.807, 2.05) is 13.8 Å². The molecule has 5 nitrogen and oxygen atoms in total. The van der Waals surface area contributed by atoms with Gasteiger partial charge in [-0.15, -0.1) is 12.3 Å². The molecule has 5 heteroatoms. The lowest BCUT2D eigenvalue weighted by atomic mass is 10.0. The minimum atomic E-state index is -0.153. The first-order chi connectivity index (χ1) is 11.0. The van der Waals surface area contributed by atoms with E-state index in [2.05, 4.69) is 29.6 Å². The number of phenolic OH excluding ortho intramolecular Hbond substituents is 1. The minimum absolute atomic E-state index is 0.0500.